The normalized spacial score (nSPS) is 14.7. The van der Waals surface area contributed by atoms with Crippen LogP contribution in [0.25, 0.3) is 0 Å². The van der Waals surface area contributed by atoms with Crippen LogP contribution in [-0.4, -0.2) is 34.3 Å². The average molecular weight is 214 g/mol. The van der Waals surface area contributed by atoms with E-state index in [1.54, 1.807) is 0 Å². The first-order valence-electron chi connectivity index (χ1n) is 4.32. The highest BCUT2D eigenvalue weighted by molar-refractivity contribution is 5.77. The number of aliphatic hydroxyl groups excluding tert-OH is 3. The van der Waals surface area contributed by atoms with Crippen LogP contribution in [0.3, 0.4) is 0 Å². The molecule has 0 fully saturated rings. The highest BCUT2D eigenvalue weighted by atomic mass is 19.1. The molecule has 0 amide bonds. The second-order valence-corrected chi connectivity index (χ2v) is 3.06. The number of carbonyl (C=O) groups is 1. The topological polar surface area (TPSA) is 77.8 Å². The number of aldehydes is 1. The predicted octanol–water partition coefficient (Wildman–Crippen LogP) is 0.0248. The summed E-state index contributed by atoms with van der Waals surface area (Å²) >= 11 is 0. The number of carbonyl (C=O) groups excluding carboxylic acids is 1. The molecular formula is C10H11FO4. The second kappa shape index (κ2) is 4.97. The summed E-state index contributed by atoms with van der Waals surface area (Å²) in [6, 6.07) is 3.70. The van der Waals surface area contributed by atoms with Crippen LogP contribution in [0.2, 0.25) is 0 Å². The standard InChI is InChI=1S/C10H11FO4/c11-7-3-1-2-6(4-12)9(7)10(15)8(14)5-13/h1-4,8,10,13-15H,5H2. The largest absolute Gasteiger partial charge is 0.394 e. The van der Waals surface area contributed by atoms with Crippen LogP contribution in [0, 0.1) is 5.82 Å². The lowest BCUT2D eigenvalue weighted by atomic mass is 9.99. The Hall–Kier alpha value is -1.30. The van der Waals surface area contributed by atoms with Crippen molar-refractivity contribution in [2.24, 2.45) is 0 Å². The molecule has 1 rings (SSSR count). The molecule has 1 aromatic carbocycles. The van der Waals surface area contributed by atoms with Gasteiger partial charge in [0.15, 0.2) is 6.29 Å². The molecule has 0 bridgehead atoms. The van der Waals surface area contributed by atoms with Gasteiger partial charge >= 0.3 is 0 Å². The molecule has 4 nitrogen and oxygen atoms in total. The summed E-state index contributed by atoms with van der Waals surface area (Å²) in [5, 5.41) is 27.2. The fourth-order valence-corrected chi connectivity index (χ4v) is 1.26. The molecule has 3 N–H and O–H groups in total. The second-order valence-electron chi connectivity index (χ2n) is 3.06. The SMILES string of the molecule is O=Cc1cccc(F)c1C(O)C(O)CO. The molecule has 0 heterocycles. The Kier molecular flexibility index (Phi) is 3.90. The van der Waals surface area contributed by atoms with Crippen LogP contribution >= 0.6 is 0 Å². The number of benzene rings is 1. The molecule has 1 aromatic rings. The monoisotopic (exact) mass is 214 g/mol. The Balaban J connectivity index is 3.16. The smallest absolute Gasteiger partial charge is 0.150 e. The minimum Gasteiger partial charge on any atom is -0.394 e. The minimum absolute atomic E-state index is 0.0463. The van der Waals surface area contributed by atoms with Crippen molar-refractivity contribution in [2.75, 3.05) is 6.61 Å². The van der Waals surface area contributed by atoms with Crippen LogP contribution in [0.1, 0.15) is 22.0 Å². The van der Waals surface area contributed by atoms with Crippen LogP contribution in [0.5, 0.6) is 0 Å². The molecule has 0 saturated carbocycles. The lowest BCUT2D eigenvalue weighted by Gasteiger charge is -2.17. The molecule has 0 saturated heterocycles. The van der Waals surface area contributed by atoms with E-state index in [-0.39, 0.29) is 11.1 Å². The third kappa shape index (κ3) is 2.38. The van der Waals surface area contributed by atoms with E-state index in [2.05, 4.69) is 0 Å². The summed E-state index contributed by atoms with van der Waals surface area (Å²) in [4.78, 5) is 10.6. The summed E-state index contributed by atoms with van der Waals surface area (Å²) < 4.78 is 13.3. The van der Waals surface area contributed by atoms with E-state index in [1.807, 2.05) is 0 Å². The van der Waals surface area contributed by atoms with E-state index in [1.165, 1.54) is 12.1 Å². The molecule has 2 atom stereocenters. The molecule has 0 aromatic heterocycles. The summed E-state index contributed by atoms with van der Waals surface area (Å²) in [7, 11) is 0. The zero-order chi connectivity index (χ0) is 11.4. The zero-order valence-corrected chi connectivity index (χ0v) is 7.80. The number of halogens is 1. The molecule has 0 aliphatic rings. The van der Waals surface area contributed by atoms with Crippen LogP contribution in [0.4, 0.5) is 4.39 Å². The first-order valence-corrected chi connectivity index (χ1v) is 4.32. The van der Waals surface area contributed by atoms with Gasteiger partial charge in [-0.3, -0.25) is 4.79 Å². The van der Waals surface area contributed by atoms with Crippen LogP contribution in [0.15, 0.2) is 18.2 Å². The lowest BCUT2D eigenvalue weighted by molar-refractivity contribution is -0.0170. The van der Waals surface area contributed by atoms with Crippen molar-refractivity contribution in [3.63, 3.8) is 0 Å². The van der Waals surface area contributed by atoms with Crippen molar-refractivity contribution in [2.45, 2.75) is 12.2 Å². The van der Waals surface area contributed by atoms with Gasteiger partial charge in [-0.15, -0.1) is 0 Å². The van der Waals surface area contributed by atoms with E-state index in [9.17, 15) is 14.3 Å². The van der Waals surface area contributed by atoms with Gasteiger partial charge in [-0.05, 0) is 6.07 Å². The quantitative estimate of drug-likeness (QED) is 0.618. The minimum atomic E-state index is -1.61. The Bertz CT molecular complexity index is 353. The maximum Gasteiger partial charge on any atom is 0.150 e. The van der Waals surface area contributed by atoms with E-state index in [0.29, 0.717) is 6.29 Å². The number of rotatable bonds is 4. The molecule has 2 unspecified atom stereocenters. The van der Waals surface area contributed by atoms with E-state index in [4.69, 9.17) is 10.2 Å². The molecule has 82 valence electrons. The molecule has 0 spiro atoms. The van der Waals surface area contributed by atoms with Gasteiger partial charge < -0.3 is 15.3 Å². The van der Waals surface area contributed by atoms with Crippen molar-refractivity contribution in [3.8, 4) is 0 Å². The Labute approximate surface area is 85.6 Å². The van der Waals surface area contributed by atoms with E-state index < -0.39 is 24.6 Å². The highest BCUT2D eigenvalue weighted by Crippen LogP contribution is 2.23. The Morgan fingerprint density at radius 2 is 2.07 bits per heavy atom. The Morgan fingerprint density at radius 3 is 2.60 bits per heavy atom. The lowest BCUT2D eigenvalue weighted by Crippen LogP contribution is -2.24. The summed E-state index contributed by atoms with van der Waals surface area (Å²) in [5.74, 6) is -0.792. The van der Waals surface area contributed by atoms with Crippen molar-refractivity contribution < 1.29 is 24.5 Å². The van der Waals surface area contributed by atoms with Gasteiger partial charge in [0.25, 0.3) is 0 Å². The summed E-state index contributed by atoms with van der Waals surface area (Å²) in [6.07, 6.45) is -2.75. The molecule has 0 aliphatic carbocycles. The van der Waals surface area contributed by atoms with Gasteiger partial charge in [-0.1, -0.05) is 12.1 Å². The summed E-state index contributed by atoms with van der Waals surface area (Å²) in [6.45, 7) is -0.714. The highest BCUT2D eigenvalue weighted by Gasteiger charge is 2.23. The first kappa shape index (κ1) is 11.8. The fraction of sp³-hybridized carbons (Fsp3) is 0.300. The number of hydrogen-bond acceptors (Lipinski definition) is 4. The molecular weight excluding hydrogens is 203 g/mol. The van der Waals surface area contributed by atoms with Crippen LogP contribution < -0.4 is 0 Å². The van der Waals surface area contributed by atoms with E-state index >= 15 is 0 Å². The van der Waals surface area contributed by atoms with Crippen molar-refractivity contribution >= 4 is 6.29 Å². The zero-order valence-electron chi connectivity index (χ0n) is 7.80. The fourth-order valence-electron chi connectivity index (χ4n) is 1.26. The van der Waals surface area contributed by atoms with Gasteiger partial charge in [0, 0.05) is 11.1 Å². The van der Waals surface area contributed by atoms with Crippen molar-refractivity contribution in [3.05, 3.63) is 35.1 Å². The molecule has 5 heteroatoms. The van der Waals surface area contributed by atoms with Gasteiger partial charge in [0.2, 0.25) is 0 Å². The number of hydrogen-bond donors (Lipinski definition) is 3. The number of aliphatic hydroxyl groups is 3. The van der Waals surface area contributed by atoms with Crippen LogP contribution in [-0.2, 0) is 0 Å². The van der Waals surface area contributed by atoms with Crippen molar-refractivity contribution in [1.82, 2.24) is 0 Å². The Morgan fingerprint density at radius 1 is 1.40 bits per heavy atom. The van der Waals surface area contributed by atoms with E-state index in [0.717, 1.165) is 6.07 Å². The van der Waals surface area contributed by atoms with Gasteiger partial charge in [0.1, 0.15) is 18.0 Å². The van der Waals surface area contributed by atoms with Crippen molar-refractivity contribution in [1.29, 1.82) is 0 Å². The third-order valence-electron chi connectivity index (χ3n) is 2.06. The molecule has 15 heavy (non-hydrogen) atoms. The molecule has 0 aliphatic heterocycles. The predicted molar refractivity (Wildman–Crippen MR) is 49.8 cm³/mol. The third-order valence-corrected chi connectivity index (χ3v) is 2.06. The van der Waals surface area contributed by atoms with Gasteiger partial charge in [0.05, 0.1) is 6.61 Å². The average Bonchev–Trinajstić information content (AvgIpc) is 2.26. The maximum absolute atomic E-state index is 13.3. The maximum atomic E-state index is 13.3. The van der Waals surface area contributed by atoms with Gasteiger partial charge in [-0.2, -0.15) is 0 Å². The summed E-state index contributed by atoms with van der Waals surface area (Å²) in [5.41, 5.74) is -0.343. The first-order chi connectivity index (χ1) is 7.11. The molecule has 0 radical (unpaired) electrons. The van der Waals surface area contributed by atoms with Gasteiger partial charge in [-0.25, -0.2) is 4.39 Å².